The Hall–Kier alpha value is -3.75. The number of nitro benzene ring substituents is 1. The molecule has 3 aromatic rings. The van der Waals surface area contributed by atoms with Gasteiger partial charge in [-0.3, -0.25) is 24.7 Å². The fraction of sp³-hybridized carbons (Fsp3) is 0.0870. The van der Waals surface area contributed by atoms with E-state index in [1.54, 1.807) is 24.3 Å². The van der Waals surface area contributed by atoms with Crippen molar-refractivity contribution in [2.24, 2.45) is 11.0 Å². The first kappa shape index (κ1) is 21.1. The largest absolute Gasteiger partial charge is 0.273 e. The van der Waals surface area contributed by atoms with Gasteiger partial charge in [-0.25, -0.2) is 4.90 Å². The van der Waals surface area contributed by atoms with Crippen LogP contribution in [0.4, 0.5) is 17.1 Å². The van der Waals surface area contributed by atoms with E-state index in [4.69, 9.17) is 23.2 Å². The van der Waals surface area contributed by atoms with Gasteiger partial charge in [-0.1, -0.05) is 41.4 Å². The molecule has 0 spiro atoms. The third-order valence-electron chi connectivity index (χ3n) is 5.55. The van der Waals surface area contributed by atoms with Gasteiger partial charge in [-0.2, -0.15) is 5.10 Å². The van der Waals surface area contributed by atoms with E-state index in [-0.39, 0.29) is 11.4 Å². The van der Waals surface area contributed by atoms with Crippen molar-refractivity contribution in [1.82, 2.24) is 0 Å². The Labute approximate surface area is 197 Å². The summed E-state index contributed by atoms with van der Waals surface area (Å²) in [6, 6.07) is 18.4. The standard InChI is InChI=1S/C23H14Cl2N4O4/c24-14-10-15(25)12-18(11-14)27-22(30)19-20(13-6-8-17(9-7-13)29(32)33)26-28(21(19)23(27)31)16-4-2-1-3-5-16/h1-12,19,21H. The highest BCUT2D eigenvalue weighted by molar-refractivity contribution is 6.37. The lowest BCUT2D eigenvalue weighted by Crippen LogP contribution is -2.39. The summed E-state index contributed by atoms with van der Waals surface area (Å²) in [4.78, 5) is 38.7. The van der Waals surface area contributed by atoms with Crippen LogP contribution in [0.1, 0.15) is 5.56 Å². The lowest BCUT2D eigenvalue weighted by Gasteiger charge is -2.22. The van der Waals surface area contributed by atoms with Gasteiger partial charge in [0.25, 0.3) is 11.6 Å². The highest BCUT2D eigenvalue weighted by atomic mass is 35.5. The van der Waals surface area contributed by atoms with Crippen molar-refractivity contribution in [3.63, 3.8) is 0 Å². The second-order valence-corrected chi connectivity index (χ2v) is 8.40. The van der Waals surface area contributed by atoms with Gasteiger partial charge in [0.2, 0.25) is 5.91 Å². The van der Waals surface area contributed by atoms with Crippen molar-refractivity contribution < 1.29 is 14.5 Å². The third-order valence-corrected chi connectivity index (χ3v) is 5.99. The molecule has 5 rings (SSSR count). The smallest absolute Gasteiger partial charge is 0.269 e. The van der Waals surface area contributed by atoms with Crippen LogP contribution in [-0.4, -0.2) is 28.5 Å². The van der Waals surface area contributed by atoms with Crippen molar-refractivity contribution in [2.45, 2.75) is 6.04 Å². The number of hydrazone groups is 1. The number of hydrogen-bond acceptors (Lipinski definition) is 6. The summed E-state index contributed by atoms with van der Waals surface area (Å²) in [6.07, 6.45) is 0. The van der Waals surface area contributed by atoms with Gasteiger partial charge < -0.3 is 0 Å². The van der Waals surface area contributed by atoms with Gasteiger partial charge in [-0.15, -0.1) is 0 Å². The molecule has 0 radical (unpaired) electrons. The molecule has 2 heterocycles. The number of benzene rings is 3. The first-order valence-corrected chi connectivity index (χ1v) is 10.6. The molecule has 1 fully saturated rings. The maximum Gasteiger partial charge on any atom is 0.269 e. The number of non-ortho nitro benzene ring substituents is 1. The normalized spacial score (nSPS) is 19.6. The van der Waals surface area contributed by atoms with Crippen LogP contribution in [0.3, 0.4) is 0 Å². The lowest BCUT2D eigenvalue weighted by atomic mass is 9.92. The number of para-hydroxylation sites is 1. The van der Waals surface area contributed by atoms with Gasteiger partial charge in [0.05, 0.1) is 22.0 Å². The molecule has 2 aliphatic heterocycles. The van der Waals surface area contributed by atoms with Crippen LogP contribution in [-0.2, 0) is 9.59 Å². The molecule has 8 nitrogen and oxygen atoms in total. The molecule has 0 aliphatic carbocycles. The number of rotatable bonds is 4. The summed E-state index contributed by atoms with van der Waals surface area (Å²) >= 11 is 12.2. The molecule has 0 saturated carbocycles. The molecule has 1 saturated heterocycles. The molecular formula is C23H14Cl2N4O4. The Balaban J connectivity index is 1.62. The van der Waals surface area contributed by atoms with Gasteiger partial charge in [-0.05, 0) is 48.0 Å². The van der Waals surface area contributed by atoms with Crippen LogP contribution in [0, 0.1) is 16.0 Å². The highest BCUT2D eigenvalue weighted by Crippen LogP contribution is 2.40. The number of imide groups is 1. The van der Waals surface area contributed by atoms with Crippen LogP contribution in [0.25, 0.3) is 0 Å². The van der Waals surface area contributed by atoms with Gasteiger partial charge in [0.15, 0.2) is 0 Å². The quantitative estimate of drug-likeness (QED) is 0.306. The highest BCUT2D eigenvalue weighted by Gasteiger charge is 2.57. The summed E-state index contributed by atoms with van der Waals surface area (Å²) in [6.45, 7) is 0. The van der Waals surface area contributed by atoms with E-state index in [0.29, 0.717) is 27.0 Å². The van der Waals surface area contributed by atoms with Crippen LogP contribution in [0.5, 0.6) is 0 Å². The Bertz CT molecular complexity index is 1310. The number of fused-ring (bicyclic) bond motifs is 1. The Morgan fingerprint density at radius 1 is 0.848 bits per heavy atom. The lowest BCUT2D eigenvalue weighted by molar-refractivity contribution is -0.384. The third kappa shape index (κ3) is 3.53. The first-order valence-electron chi connectivity index (χ1n) is 9.86. The van der Waals surface area contributed by atoms with E-state index < -0.39 is 28.7 Å². The molecule has 2 amide bonds. The predicted molar refractivity (Wildman–Crippen MR) is 125 cm³/mol. The molecule has 2 aliphatic rings. The van der Waals surface area contributed by atoms with E-state index in [2.05, 4.69) is 5.10 Å². The molecule has 164 valence electrons. The Morgan fingerprint density at radius 2 is 1.48 bits per heavy atom. The number of hydrogen-bond donors (Lipinski definition) is 0. The fourth-order valence-electron chi connectivity index (χ4n) is 4.12. The van der Waals surface area contributed by atoms with Crippen LogP contribution < -0.4 is 9.91 Å². The summed E-state index contributed by atoms with van der Waals surface area (Å²) in [7, 11) is 0. The van der Waals surface area contributed by atoms with Crippen molar-refractivity contribution in [3.05, 3.63) is 98.5 Å². The second kappa shape index (κ2) is 7.99. The van der Waals surface area contributed by atoms with Gasteiger partial charge in [0.1, 0.15) is 12.0 Å². The average Bonchev–Trinajstić information content (AvgIpc) is 3.30. The zero-order chi connectivity index (χ0) is 23.3. The minimum absolute atomic E-state index is 0.0853. The molecule has 3 aromatic carbocycles. The van der Waals surface area contributed by atoms with E-state index >= 15 is 0 Å². The average molecular weight is 481 g/mol. The topological polar surface area (TPSA) is 96.1 Å². The van der Waals surface area contributed by atoms with Crippen molar-refractivity contribution >= 4 is 57.8 Å². The number of anilines is 2. The molecule has 10 heteroatoms. The summed E-state index contributed by atoms with van der Waals surface area (Å²) in [5, 5.41) is 17.8. The summed E-state index contributed by atoms with van der Waals surface area (Å²) in [5.41, 5.74) is 1.69. The minimum Gasteiger partial charge on any atom is -0.273 e. The van der Waals surface area contributed by atoms with Gasteiger partial charge >= 0.3 is 0 Å². The van der Waals surface area contributed by atoms with Crippen molar-refractivity contribution in [2.75, 3.05) is 9.91 Å². The first-order chi connectivity index (χ1) is 15.8. The van der Waals surface area contributed by atoms with Crippen LogP contribution >= 0.6 is 23.2 Å². The molecule has 0 bridgehead atoms. The predicted octanol–water partition coefficient (Wildman–Crippen LogP) is 4.68. The molecule has 0 N–H and O–H groups in total. The summed E-state index contributed by atoms with van der Waals surface area (Å²) < 4.78 is 0. The van der Waals surface area contributed by atoms with Gasteiger partial charge in [0, 0.05) is 22.2 Å². The van der Waals surface area contributed by atoms with E-state index in [1.165, 1.54) is 47.5 Å². The Morgan fingerprint density at radius 3 is 2.09 bits per heavy atom. The van der Waals surface area contributed by atoms with Crippen molar-refractivity contribution in [1.29, 1.82) is 0 Å². The Kier molecular flexibility index (Phi) is 5.11. The number of halogens is 2. The van der Waals surface area contributed by atoms with Crippen LogP contribution in [0.2, 0.25) is 10.0 Å². The van der Waals surface area contributed by atoms with Crippen molar-refractivity contribution in [3.8, 4) is 0 Å². The SMILES string of the molecule is O=C1C2C(c3ccc([N+](=O)[O-])cc3)=NN(c3ccccc3)C2C(=O)N1c1cc(Cl)cc(Cl)c1. The monoisotopic (exact) mass is 480 g/mol. The van der Waals surface area contributed by atoms with Crippen LogP contribution in [0.15, 0.2) is 77.9 Å². The molecular weight excluding hydrogens is 467 g/mol. The zero-order valence-electron chi connectivity index (χ0n) is 16.8. The zero-order valence-corrected chi connectivity index (χ0v) is 18.3. The van der Waals surface area contributed by atoms with E-state index in [9.17, 15) is 19.7 Å². The molecule has 2 unspecified atom stereocenters. The second-order valence-electron chi connectivity index (χ2n) is 7.53. The van der Waals surface area contributed by atoms with E-state index in [0.717, 1.165) is 4.90 Å². The minimum atomic E-state index is -0.914. The maximum absolute atomic E-state index is 13.6. The molecule has 2 atom stereocenters. The number of nitro groups is 1. The number of carbonyl (C=O) groups is 2. The molecule has 0 aromatic heterocycles. The maximum atomic E-state index is 13.6. The fourth-order valence-corrected chi connectivity index (χ4v) is 4.64. The number of amides is 2. The summed E-state index contributed by atoms with van der Waals surface area (Å²) in [5.74, 6) is -1.84. The number of carbonyl (C=O) groups excluding carboxylic acids is 2. The molecule has 33 heavy (non-hydrogen) atoms. The van der Waals surface area contributed by atoms with E-state index in [1.807, 2.05) is 6.07 Å². The number of nitrogens with zero attached hydrogens (tertiary/aromatic N) is 4.